The monoisotopic (exact) mass is 422 g/mol. The van der Waals surface area contributed by atoms with Crippen molar-refractivity contribution in [3.8, 4) is 11.5 Å². The Balaban J connectivity index is 1.42. The number of hydrogen-bond acceptors (Lipinski definition) is 5. The summed E-state index contributed by atoms with van der Waals surface area (Å²) in [6.07, 6.45) is 3.80. The molecule has 6 heteroatoms. The molecule has 2 aliphatic rings. The summed E-state index contributed by atoms with van der Waals surface area (Å²) >= 11 is 1.68. The standard InChI is InChI=1S/C24H26N2O3S/c1-3-21(12-17-5-4-6-19(11-17)24(25)27)30-16(2)26-8-7-18-13-22-23(14-20(18)15-26)29-10-9-28-22/h3-6,11,13-14H,2,7-10,12,15H2,1H3,(H2,25,27)/b21-3-. The average Bonchev–Trinajstić information content (AvgIpc) is 2.76. The summed E-state index contributed by atoms with van der Waals surface area (Å²) in [5, 5.41) is 1.02. The molecule has 0 aromatic heterocycles. The number of rotatable bonds is 6. The highest BCUT2D eigenvalue weighted by molar-refractivity contribution is 8.06. The summed E-state index contributed by atoms with van der Waals surface area (Å²) in [5.74, 6) is 1.29. The molecule has 0 bridgehead atoms. The number of carbonyl (C=O) groups excluding carboxylic acids is 1. The molecule has 5 nitrogen and oxygen atoms in total. The number of hydrogen-bond donors (Lipinski definition) is 1. The normalized spacial score (nSPS) is 15.5. The van der Waals surface area contributed by atoms with Crippen molar-refractivity contribution in [1.82, 2.24) is 4.90 Å². The van der Waals surface area contributed by atoms with Gasteiger partial charge in [-0.15, -0.1) is 0 Å². The lowest BCUT2D eigenvalue weighted by Crippen LogP contribution is -2.29. The molecule has 2 heterocycles. The molecule has 1 amide bonds. The Labute approximate surface area is 181 Å². The quantitative estimate of drug-likeness (QED) is 0.753. The molecule has 156 valence electrons. The molecule has 30 heavy (non-hydrogen) atoms. The zero-order valence-electron chi connectivity index (χ0n) is 17.1. The zero-order valence-corrected chi connectivity index (χ0v) is 18.0. The third kappa shape index (κ3) is 4.49. The fourth-order valence-corrected chi connectivity index (χ4v) is 4.70. The molecule has 0 spiro atoms. The van der Waals surface area contributed by atoms with Gasteiger partial charge >= 0.3 is 0 Å². The molecular weight excluding hydrogens is 396 g/mol. The molecule has 2 aliphatic heterocycles. The van der Waals surface area contributed by atoms with Crippen LogP contribution in [0.25, 0.3) is 0 Å². The number of nitrogens with zero attached hydrogens (tertiary/aromatic N) is 1. The van der Waals surface area contributed by atoms with E-state index in [0.717, 1.165) is 48.0 Å². The second kappa shape index (κ2) is 8.88. The predicted octanol–water partition coefficient (Wildman–Crippen LogP) is 4.27. The minimum Gasteiger partial charge on any atom is -0.486 e. The minimum absolute atomic E-state index is 0.403. The number of thioether (sulfide) groups is 1. The van der Waals surface area contributed by atoms with Crippen LogP contribution in [-0.4, -0.2) is 30.6 Å². The lowest BCUT2D eigenvalue weighted by atomic mass is 9.99. The first kappa shape index (κ1) is 20.4. The van der Waals surface area contributed by atoms with Crippen molar-refractivity contribution in [2.45, 2.75) is 26.3 Å². The Bertz CT molecular complexity index is 1020. The van der Waals surface area contributed by atoms with E-state index in [9.17, 15) is 4.79 Å². The number of amides is 1. The summed E-state index contributed by atoms with van der Waals surface area (Å²) in [4.78, 5) is 14.9. The van der Waals surface area contributed by atoms with Gasteiger partial charge in [0.15, 0.2) is 11.5 Å². The number of fused-ring (bicyclic) bond motifs is 2. The van der Waals surface area contributed by atoms with Crippen molar-refractivity contribution in [2.75, 3.05) is 19.8 Å². The van der Waals surface area contributed by atoms with Crippen LogP contribution in [0.2, 0.25) is 0 Å². The number of benzene rings is 2. The van der Waals surface area contributed by atoms with Gasteiger partial charge in [-0.05, 0) is 59.2 Å². The summed E-state index contributed by atoms with van der Waals surface area (Å²) in [6.45, 7) is 9.30. The van der Waals surface area contributed by atoms with Crippen LogP contribution in [0, 0.1) is 0 Å². The van der Waals surface area contributed by atoms with Gasteiger partial charge in [-0.1, -0.05) is 36.5 Å². The van der Waals surface area contributed by atoms with Gasteiger partial charge in [0.1, 0.15) is 13.2 Å². The fourth-order valence-electron chi connectivity index (χ4n) is 3.75. The van der Waals surface area contributed by atoms with E-state index >= 15 is 0 Å². The third-order valence-electron chi connectivity index (χ3n) is 5.39. The van der Waals surface area contributed by atoms with Gasteiger partial charge < -0.3 is 20.1 Å². The Kier molecular flexibility index (Phi) is 6.04. The Hall–Kier alpha value is -2.86. The third-order valence-corrected chi connectivity index (χ3v) is 6.53. The summed E-state index contributed by atoms with van der Waals surface area (Å²) < 4.78 is 11.5. The second-order valence-corrected chi connectivity index (χ2v) is 8.63. The van der Waals surface area contributed by atoms with Crippen molar-refractivity contribution in [3.05, 3.63) is 81.2 Å². The van der Waals surface area contributed by atoms with Gasteiger partial charge in [-0.3, -0.25) is 4.79 Å². The lowest BCUT2D eigenvalue weighted by Gasteiger charge is -2.33. The minimum atomic E-state index is -0.403. The molecule has 0 saturated carbocycles. The van der Waals surface area contributed by atoms with Gasteiger partial charge in [0.05, 0.1) is 5.03 Å². The van der Waals surface area contributed by atoms with Gasteiger partial charge in [-0.25, -0.2) is 0 Å². The zero-order chi connectivity index (χ0) is 21.1. The fraction of sp³-hybridized carbons (Fsp3) is 0.292. The molecule has 0 unspecified atom stereocenters. The van der Waals surface area contributed by atoms with Gasteiger partial charge in [0, 0.05) is 25.1 Å². The van der Waals surface area contributed by atoms with E-state index in [1.54, 1.807) is 17.8 Å². The highest BCUT2D eigenvalue weighted by Crippen LogP contribution is 2.38. The van der Waals surface area contributed by atoms with E-state index in [-0.39, 0.29) is 0 Å². The number of carbonyl (C=O) groups is 1. The molecule has 0 atom stereocenters. The molecule has 2 N–H and O–H groups in total. The smallest absolute Gasteiger partial charge is 0.248 e. The SMILES string of the molecule is C=C(S/C(=C\C)Cc1cccc(C(N)=O)c1)N1CCc2cc3c(cc2C1)OCCO3. The maximum absolute atomic E-state index is 11.4. The van der Waals surface area contributed by atoms with Crippen molar-refractivity contribution in [2.24, 2.45) is 5.73 Å². The molecule has 0 fully saturated rings. The molecule has 4 rings (SSSR count). The van der Waals surface area contributed by atoms with Crippen LogP contribution >= 0.6 is 11.8 Å². The van der Waals surface area contributed by atoms with Crippen molar-refractivity contribution in [1.29, 1.82) is 0 Å². The molecule has 0 aliphatic carbocycles. The Morgan fingerprint density at radius 2 is 1.93 bits per heavy atom. The van der Waals surface area contributed by atoms with Crippen LogP contribution < -0.4 is 15.2 Å². The van der Waals surface area contributed by atoms with Crippen molar-refractivity contribution in [3.63, 3.8) is 0 Å². The van der Waals surface area contributed by atoms with Gasteiger partial charge in [0.25, 0.3) is 0 Å². The number of primary amides is 1. The van der Waals surface area contributed by atoms with Crippen LogP contribution in [0.5, 0.6) is 11.5 Å². The highest BCUT2D eigenvalue weighted by atomic mass is 32.2. The number of allylic oxidation sites excluding steroid dienone is 2. The Morgan fingerprint density at radius 1 is 1.20 bits per heavy atom. The Morgan fingerprint density at radius 3 is 2.63 bits per heavy atom. The van der Waals surface area contributed by atoms with Crippen LogP contribution in [-0.2, 0) is 19.4 Å². The summed E-state index contributed by atoms with van der Waals surface area (Å²) in [6, 6.07) is 11.7. The second-order valence-electron chi connectivity index (χ2n) is 7.43. The molecule has 2 aromatic rings. The van der Waals surface area contributed by atoms with E-state index < -0.39 is 5.91 Å². The van der Waals surface area contributed by atoms with Crippen LogP contribution in [0.15, 0.2) is 59.0 Å². The molecule has 2 aromatic carbocycles. The number of ether oxygens (including phenoxy) is 2. The highest BCUT2D eigenvalue weighted by Gasteiger charge is 2.22. The topological polar surface area (TPSA) is 64.8 Å². The van der Waals surface area contributed by atoms with Crippen LogP contribution in [0.4, 0.5) is 0 Å². The largest absolute Gasteiger partial charge is 0.486 e. The van der Waals surface area contributed by atoms with Crippen molar-refractivity contribution < 1.29 is 14.3 Å². The number of nitrogens with two attached hydrogens (primary N) is 1. The molecule has 0 radical (unpaired) electrons. The first-order valence-corrected chi connectivity index (χ1v) is 10.9. The van der Waals surface area contributed by atoms with Crippen molar-refractivity contribution >= 4 is 17.7 Å². The van der Waals surface area contributed by atoms with Gasteiger partial charge in [-0.2, -0.15) is 0 Å². The van der Waals surface area contributed by atoms with E-state index in [2.05, 4.69) is 29.7 Å². The maximum Gasteiger partial charge on any atom is 0.248 e. The first-order valence-electron chi connectivity index (χ1n) is 10.1. The van der Waals surface area contributed by atoms with Crippen LogP contribution in [0.3, 0.4) is 0 Å². The van der Waals surface area contributed by atoms with Gasteiger partial charge in [0.2, 0.25) is 5.91 Å². The van der Waals surface area contributed by atoms with Crippen LogP contribution in [0.1, 0.15) is 34.0 Å². The lowest BCUT2D eigenvalue weighted by molar-refractivity contribution is 0.1000. The van der Waals surface area contributed by atoms with E-state index in [0.29, 0.717) is 18.8 Å². The predicted molar refractivity (Wildman–Crippen MR) is 121 cm³/mol. The average molecular weight is 423 g/mol. The van der Waals surface area contributed by atoms with E-state index in [1.807, 2.05) is 25.1 Å². The first-order chi connectivity index (χ1) is 14.5. The molecular formula is C24H26N2O3S. The molecule has 0 saturated heterocycles. The van der Waals surface area contributed by atoms with E-state index in [4.69, 9.17) is 15.2 Å². The summed E-state index contributed by atoms with van der Waals surface area (Å²) in [7, 11) is 0. The summed E-state index contributed by atoms with van der Waals surface area (Å²) in [5.41, 5.74) is 9.60. The van der Waals surface area contributed by atoms with E-state index in [1.165, 1.54) is 16.0 Å². The maximum atomic E-state index is 11.4.